The number of nitrogens with one attached hydrogen (secondary N) is 1. The summed E-state index contributed by atoms with van der Waals surface area (Å²) in [6.45, 7) is 2.28. The molecule has 0 aliphatic heterocycles. The molecule has 0 saturated heterocycles. The van der Waals surface area contributed by atoms with Gasteiger partial charge in [-0.1, -0.05) is 11.6 Å². The van der Waals surface area contributed by atoms with Gasteiger partial charge in [0.15, 0.2) is 0 Å². The molecule has 2 amide bonds. The molecule has 108 valence electrons. The average molecular weight is 299 g/mol. The highest BCUT2D eigenvalue weighted by Crippen LogP contribution is 2.18. The number of halogens is 1. The van der Waals surface area contributed by atoms with E-state index in [9.17, 15) is 14.4 Å². The third-order valence-corrected chi connectivity index (χ3v) is 2.74. The lowest BCUT2D eigenvalue weighted by atomic mass is 10.2. The van der Waals surface area contributed by atoms with Crippen molar-refractivity contribution in [2.45, 2.75) is 19.9 Å². The summed E-state index contributed by atoms with van der Waals surface area (Å²) < 4.78 is 0. The molecule has 1 aromatic carbocycles. The molecule has 0 aliphatic carbocycles. The minimum absolute atomic E-state index is 0.364. The number of carboxylic acids is 1. The Balaban J connectivity index is 2.99. The summed E-state index contributed by atoms with van der Waals surface area (Å²) in [6, 6.07) is 5.39. The maximum atomic E-state index is 12.2. The van der Waals surface area contributed by atoms with Crippen molar-refractivity contribution in [1.82, 2.24) is 5.32 Å². The van der Waals surface area contributed by atoms with E-state index >= 15 is 0 Å². The van der Waals surface area contributed by atoms with Crippen LogP contribution in [0.1, 0.15) is 13.8 Å². The summed E-state index contributed by atoms with van der Waals surface area (Å²) in [6.07, 6.45) is 0. The van der Waals surface area contributed by atoms with Gasteiger partial charge < -0.3 is 10.4 Å². The van der Waals surface area contributed by atoms with Crippen LogP contribution >= 0.6 is 11.6 Å². The fourth-order valence-corrected chi connectivity index (χ4v) is 1.78. The smallest absolute Gasteiger partial charge is 0.323 e. The first-order valence-corrected chi connectivity index (χ1v) is 6.25. The van der Waals surface area contributed by atoms with Crippen LogP contribution in [0.5, 0.6) is 0 Å². The number of amides is 2. The Labute approximate surface area is 121 Å². The molecule has 6 nitrogen and oxygen atoms in total. The number of carbonyl (C=O) groups excluding carboxylic acids is 2. The summed E-state index contributed by atoms with van der Waals surface area (Å²) in [5.41, 5.74) is 0.402. The van der Waals surface area contributed by atoms with Crippen LogP contribution in [0.3, 0.4) is 0 Å². The minimum atomic E-state index is -1.15. The van der Waals surface area contributed by atoms with Crippen LogP contribution in [0.4, 0.5) is 5.69 Å². The zero-order valence-corrected chi connectivity index (χ0v) is 11.8. The zero-order chi connectivity index (χ0) is 15.3. The molecule has 0 heterocycles. The van der Waals surface area contributed by atoms with Gasteiger partial charge in [-0.25, -0.2) is 0 Å². The van der Waals surface area contributed by atoms with E-state index in [1.807, 2.05) is 0 Å². The molecule has 0 aliphatic rings. The van der Waals surface area contributed by atoms with Gasteiger partial charge in [-0.05, 0) is 31.2 Å². The summed E-state index contributed by atoms with van der Waals surface area (Å²) in [4.78, 5) is 35.2. The van der Waals surface area contributed by atoms with Crippen LogP contribution in [0.2, 0.25) is 5.02 Å². The van der Waals surface area contributed by atoms with Gasteiger partial charge in [0.1, 0.15) is 12.6 Å². The Morgan fingerprint density at radius 2 is 1.85 bits per heavy atom. The molecule has 0 radical (unpaired) electrons. The van der Waals surface area contributed by atoms with Crippen molar-refractivity contribution < 1.29 is 19.5 Å². The van der Waals surface area contributed by atoms with E-state index in [1.54, 1.807) is 24.3 Å². The Bertz CT molecular complexity index is 516. The third-order valence-electron chi connectivity index (χ3n) is 2.49. The fraction of sp³-hybridized carbons (Fsp3) is 0.308. The van der Waals surface area contributed by atoms with Gasteiger partial charge in [-0.15, -0.1) is 0 Å². The molecule has 0 saturated carbocycles. The van der Waals surface area contributed by atoms with Crippen molar-refractivity contribution >= 4 is 35.1 Å². The van der Waals surface area contributed by atoms with Crippen molar-refractivity contribution in [3.8, 4) is 0 Å². The fourth-order valence-electron chi connectivity index (χ4n) is 1.65. The van der Waals surface area contributed by atoms with E-state index in [4.69, 9.17) is 16.7 Å². The molecule has 20 heavy (non-hydrogen) atoms. The van der Waals surface area contributed by atoms with Crippen molar-refractivity contribution in [2.24, 2.45) is 0 Å². The maximum absolute atomic E-state index is 12.2. The quantitative estimate of drug-likeness (QED) is 0.857. The number of carboxylic acid groups (broad SMARTS) is 1. The van der Waals surface area contributed by atoms with Crippen molar-refractivity contribution in [2.75, 3.05) is 11.4 Å². The predicted molar refractivity (Wildman–Crippen MR) is 74.7 cm³/mol. The summed E-state index contributed by atoms with van der Waals surface area (Å²) in [7, 11) is 0. The van der Waals surface area contributed by atoms with Crippen molar-refractivity contribution in [1.29, 1.82) is 0 Å². The molecule has 0 fully saturated rings. The maximum Gasteiger partial charge on any atom is 0.323 e. The average Bonchev–Trinajstić information content (AvgIpc) is 2.35. The van der Waals surface area contributed by atoms with Gasteiger partial charge >= 0.3 is 5.97 Å². The number of carbonyl (C=O) groups is 3. The molecular formula is C13H15ClN2O4. The number of hydrogen-bond acceptors (Lipinski definition) is 3. The van der Waals surface area contributed by atoms with Crippen molar-refractivity contribution in [3.05, 3.63) is 29.3 Å². The number of nitrogens with zero attached hydrogens (tertiary/aromatic N) is 1. The van der Waals surface area contributed by atoms with Crippen LogP contribution < -0.4 is 10.2 Å². The monoisotopic (exact) mass is 298 g/mol. The van der Waals surface area contributed by atoms with Gasteiger partial charge in [0.05, 0.1) is 0 Å². The number of anilines is 1. The van der Waals surface area contributed by atoms with E-state index in [-0.39, 0.29) is 5.91 Å². The van der Waals surface area contributed by atoms with Crippen molar-refractivity contribution in [3.63, 3.8) is 0 Å². The highest BCUT2D eigenvalue weighted by atomic mass is 35.5. The van der Waals surface area contributed by atoms with Gasteiger partial charge in [-0.3, -0.25) is 19.3 Å². The number of benzene rings is 1. The first kappa shape index (κ1) is 16.0. The molecule has 0 spiro atoms. The van der Waals surface area contributed by atoms with Crippen LogP contribution in [0.25, 0.3) is 0 Å². The molecular weight excluding hydrogens is 284 g/mol. The summed E-state index contributed by atoms with van der Waals surface area (Å²) >= 11 is 5.76. The summed E-state index contributed by atoms with van der Waals surface area (Å²) in [5, 5.41) is 11.8. The van der Waals surface area contributed by atoms with Crippen LogP contribution in [-0.4, -0.2) is 35.5 Å². The van der Waals surface area contributed by atoms with Crippen LogP contribution in [0.15, 0.2) is 24.3 Å². The molecule has 1 unspecified atom stereocenters. The second-order valence-electron chi connectivity index (χ2n) is 4.22. The highest BCUT2D eigenvalue weighted by molar-refractivity contribution is 6.30. The van der Waals surface area contributed by atoms with E-state index < -0.39 is 24.5 Å². The molecule has 1 rings (SSSR count). The topological polar surface area (TPSA) is 86.7 Å². The Morgan fingerprint density at radius 1 is 1.30 bits per heavy atom. The molecule has 7 heteroatoms. The SMILES string of the molecule is CC(=O)NC(C)C(=O)N(CC(=O)O)c1ccc(Cl)cc1. The third kappa shape index (κ3) is 4.55. The van der Waals surface area contributed by atoms with Gasteiger partial charge in [0, 0.05) is 17.6 Å². The Kier molecular flexibility index (Phi) is 5.52. The van der Waals surface area contributed by atoms with E-state index in [2.05, 4.69) is 5.32 Å². The second-order valence-corrected chi connectivity index (χ2v) is 4.65. The lowest BCUT2D eigenvalue weighted by molar-refractivity contribution is -0.136. The predicted octanol–water partition coefficient (Wildman–Crippen LogP) is 1.28. The first-order valence-electron chi connectivity index (χ1n) is 5.87. The van der Waals surface area contributed by atoms with Gasteiger partial charge in [0.25, 0.3) is 0 Å². The Hall–Kier alpha value is -2.08. The normalized spacial score (nSPS) is 11.6. The highest BCUT2D eigenvalue weighted by Gasteiger charge is 2.24. The number of aliphatic carboxylic acids is 1. The molecule has 0 aromatic heterocycles. The lowest BCUT2D eigenvalue weighted by Crippen LogP contribution is -2.48. The van der Waals surface area contributed by atoms with E-state index in [0.29, 0.717) is 10.7 Å². The molecule has 0 bridgehead atoms. The Morgan fingerprint density at radius 3 is 2.30 bits per heavy atom. The largest absolute Gasteiger partial charge is 0.480 e. The number of rotatable bonds is 5. The number of hydrogen-bond donors (Lipinski definition) is 2. The van der Waals surface area contributed by atoms with E-state index in [1.165, 1.54) is 13.8 Å². The molecule has 1 atom stereocenters. The van der Waals surface area contributed by atoms with Gasteiger partial charge in [-0.2, -0.15) is 0 Å². The van der Waals surface area contributed by atoms with E-state index in [0.717, 1.165) is 4.90 Å². The lowest BCUT2D eigenvalue weighted by Gasteiger charge is -2.24. The molecule has 1 aromatic rings. The zero-order valence-electron chi connectivity index (χ0n) is 11.1. The second kappa shape index (κ2) is 6.91. The van der Waals surface area contributed by atoms with Crippen LogP contribution in [0, 0.1) is 0 Å². The summed E-state index contributed by atoms with van der Waals surface area (Å²) in [5.74, 6) is -2.02. The first-order chi connectivity index (χ1) is 9.31. The molecule has 2 N–H and O–H groups in total. The van der Waals surface area contributed by atoms with Crippen LogP contribution in [-0.2, 0) is 14.4 Å². The van der Waals surface area contributed by atoms with Gasteiger partial charge in [0.2, 0.25) is 11.8 Å². The minimum Gasteiger partial charge on any atom is -0.480 e. The standard InChI is InChI=1S/C13H15ClN2O4/c1-8(15-9(2)17)13(20)16(7-12(18)19)11-5-3-10(14)4-6-11/h3-6,8H,7H2,1-2H3,(H,15,17)(H,18,19).